The van der Waals surface area contributed by atoms with Gasteiger partial charge in [0, 0.05) is 38.3 Å². The third kappa shape index (κ3) is 4.79. The van der Waals surface area contributed by atoms with E-state index in [1.54, 1.807) is 4.68 Å². The van der Waals surface area contributed by atoms with Gasteiger partial charge >= 0.3 is 0 Å². The molecule has 0 bridgehead atoms. The number of fused-ring (bicyclic) bond motifs is 2. The standard InChI is InChI=1S/C25H34N4O2/c1-28-16-22(14-26-28)19-6-7-23-24(12-19)31-11-9-21-17-29(15-18-4-2-3-5-18)10-8-20(21)13-25(30)27-23/h6-7,12,14,16,18,20-21H,2-5,8-11,13,15,17H2,1H3,(H,27,30)/t20-,21-/m0/s1. The van der Waals surface area contributed by atoms with E-state index in [2.05, 4.69) is 15.3 Å². The number of aromatic nitrogens is 2. The molecule has 6 nitrogen and oxygen atoms in total. The number of hydrogen-bond acceptors (Lipinski definition) is 4. The molecule has 1 saturated carbocycles. The van der Waals surface area contributed by atoms with Crippen molar-refractivity contribution in [2.45, 2.75) is 44.9 Å². The van der Waals surface area contributed by atoms with Gasteiger partial charge in [-0.2, -0.15) is 5.10 Å². The van der Waals surface area contributed by atoms with Crippen LogP contribution in [0.2, 0.25) is 0 Å². The van der Waals surface area contributed by atoms with Gasteiger partial charge in [0.2, 0.25) is 5.91 Å². The molecule has 0 spiro atoms. The van der Waals surface area contributed by atoms with Crippen molar-refractivity contribution >= 4 is 11.6 Å². The number of carbonyl (C=O) groups excluding carboxylic acids is 1. The molecular weight excluding hydrogens is 388 g/mol. The minimum Gasteiger partial charge on any atom is -0.491 e. The summed E-state index contributed by atoms with van der Waals surface area (Å²) in [5.41, 5.74) is 2.87. The molecule has 6 heteroatoms. The van der Waals surface area contributed by atoms with E-state index >= 15 is 0 Å². The summed E-state index contributed by atoms with van der Waals surface area (Å²) in [7, 11) is 1.91. The molecule has 31 heavy (non-hydrogen) atoms. The van der Waals surface area contributed by atoms with Gasteiger partial charge in [-0.05, 0) is 67.7 Å². The number of nitrogens with one attached hydrogen (secondary N) is 1. The average Bonchev–Trinajstić information content (AvgIpc) is 3.42. The minimum absolute atomic E-state index is 0.111. The Morgan fingerprint density at radius 2 is 2.00 bits per heavy atom. The highest BCUT2D eigenvalue weighted by Crippen LogP contribution is 2.36. The predicted molar refractivity (Wildman–Crippen MR) is 122 cm³/mol. The predicted octanol–water partition coefficient (Wildman–Crippen LogP) is 4.33. The third-order valence-corrected chi connectivity index (χ3v) is 7.45. The second kappa shape index (κ2) is 9.03. The molecule has 3 aliphatic rings. The zero-order chi connectivity index (χ0) is 21.2. The first-order valence-electron chi connectivity index (χ1n) is 11.9. The summed E-state index contributed by atoms with van der Waals surface area (Å²) in [6, 6.07) is 6.01. The Hall–Kier alpha value is -2.34. The van der Waals surface area contributed by atoms with E-state index in [0.717, 1.165) is 54.4 Å². The number of likely N-dealkylation sites (tertiary alicyclic amines) is 1. The normalized spacial score (nSPS) is 25.4. The quantitative estimate of drug-likeness (QED) is 0.800. The second-order valence-electron chi connectivity index (χ2n) is 9.72. The first-order valence-corrected chi connectivity index (χ1v) is 11.9. The van der Waals surface area contributed by atoms with Gasteiger partial charge in [-0.15, -0.1) is 0 Å². The molecule has 3 heterocycles. The molecule has 5 rings (SSSR count). The highest BCUT2D eigenvalue weighted by molar-refractivity contribution is 5.93. The first kappa shape index (κ1) is 20.6. The fraction of sp³-hybridized carbons (Fsp3) is 0.600. The SMILES string of the molecule is Cn1cc(-c2ccc3c(c2)OCC[C@H]2CN(CC4CCCC4)CC[C@H]2CC(=O)N3)cn1. The zero-order valence-electron chi connectivity index (χ0n) is 18.6. The smallest absolute Gasteiger partial charge is 0.224 e. The largest absolute Gasteiger partial charge is 0.491 e. The summed E-state index contributed by atoms with van der Waals surface area (Å²) in [6.45, 7) is 4.18. The van der Waals surface area contributed by atoms with E-state index < -0.39 is 0 Å². The maximum absolute atomic E-state index is 12.8. The van der Waals surface area contributed by atoms with Crippen LogP contribution < -0.4 is 10.1 Å². The number of hydrogen-bond donors (Lipinski definition) is 1. The first-order chi connectivity index (χ1) is 15.1. The van der Waals surface area contributed by atoms with Crippen LogP contribution in [0.25, 0.3) is 11.1 Å². The van der Waals surface area contributed by atoms with Crippen LogP contribution in [0.4, 0.5) is 5.69 Å². The Kier molecular flexibility index (Phi) is 5.99. The Morgan fingerprint density at radius 1 is 1.13 bits per heavy atom. The van der Waals surface area contributed by atoms with E-state index in [1.807, 2.05) is 37.6 Å². The lowest BCUT2D eigenvalue weighted by Gasteiger charge is -2.40. The Morgan fingerprint density at radius 3 is 2.81 bits per heavy atom. The molecule has 2 aromatic rings. The van der Waals surface area contributed by atoms with E-state index in [-0.39, 0.29) is 5.91 Å². The number of rotatable bonds is 3. The fourth-order valence-electron chi connectivity index (χ4n) is 5.73. The fourth-order valence-corrected chi connectivity index (χ4v) is 5.73. The van der Waals surface area contributed by atoms with Crippen molar-refractivity contribution in [3.8, 4) is 16.9 Å². The molecule has 0 radical (unpaired) electrons. The lowest BCUT2D eigenvalue weighted by molar-refractivity contribution is -0.118. The van der Waals surface area contributed by atoms with Crippen LogP contribution in [0.1, 0.15) is 44.9 Å². The van der Waals surface area contributed by atoms with Gasteiger partial charge in [-0.25, -0.2) is 0 Å². The van der Waals surface area contributed by atoms with Gasteiger partial charge < -0.3 is 15.0 Å². The molecule has 1 aromatic carbocycles. The molecule has 2 atom stereocenters. The van der Waals surface area contributed by atoms with Crippen molar-refractivity contribution in [1.29, 1.82) is 0 Å². The Balaban J connectivity index is 1.29. The maximum atomic E-state index is 12.8. The van der Waals surface area contributed by atoms with Crippen molar-refractivity contribution in [2.75, 3.05) is 31.6 Å². The van der Waals surface area contributed by atoms with Crippen LogP contribution >= 0.6 is 0 Å². The van der Waals surface area contributed by atoms with Gasteiger partial charge in [0.15, 0.2) is 0 Å². The highest BCUT2D eigenvalue weighted by Gasteiger charge is 2.32. The van der Waals surface area contributed by atoms with Gasteiger partial charge in [0.1, 0.15) is 5.75 Å². The summed E-state index contributed by atoms with van der Waals surface area (Å²) < 4.78 is 8.03. The van der Waals surface area contributed by atoms with Crippen molar-refractivity contribution in [2.24, 2.45) is 24.8 Å². The summed E-state index contributed by atoms with van der Waals surface area (Å²) in [5.74, 6) is 2.74. The molecular formula is C25H34N4O2. The molecule has 1 aromatic heterocycles. The van der Waals surface area contributed by atoms with Crippen LogP contribution in [0.3, 0.4) is 0 Å². The molecule has 2 aliphatic heterocycles. The molecule has 1 amide bonds. The van der Waals surface area contributed by atoms with Crippen LogP contribution in [0.5, 0.6) is 5.75 Å². The Bertz CT molecular complexity index is 918. The lowest BCUT2D eigenvalue weighted by Crippen LogP contribution is -2.44. The van der Waals surface area contributed by atoms with Crippen molar-refractivity contribution in [1.82, 2.24) is 14.7 Å². The maximum Gasteiger partial charge on any atom is 0.224 e. The minimum atomic E-state index is 0.111. The van der Waals surface area contributed by atoms with Crippen molar-refractivity contribution in [3.63, 3.8) is 0 Å². The number of carbonyl (C=O) groups is 1. The van der Waals surface area contributed by atoms with Gasteiger partial charge in [0.05, 0.1) is 18.5 Å². The summed E-state index contributed by atoms with van der Waals surface area (Å²) in [5, 5.41) is 7.39. The molecule has 166 valence electrons. The van der Waals surface area contributed by atoms with Crippen LogP contribution in [0.15, 0.2) is 30.6 Å². The summed E-state index contributed by atoms with van der Waals surface area (Å²) >= 11 is 0. The second-order valence-corrected chi connectivity index (χ2v) is 9.72. The van der Waals surface area contributed by atoms with Crippen molar-refractivity contribution < 1.29 is 9.53 Å². The lowest BCUT2D eigenvalue weighted by atomic mass is 9.80. The molecule has 2 fully saturated rings. The number of piperidine rings is 1. The van der Waals surface area contributed by atoms with E-state index in [1.165, 1.54) is 32.2 Å². The van der Waals surface area contributed by atoms with Gasteiger partial charge in [-0.1, -0.05) is 18.9 Å². The number of aryl methyl sites for hydroxylation is 1. The number of amides is 1. The number of ether oxygens (including phenoxy) is 1. The van der Waals surface area contributed by atoms with E-state index in [0.29, 0.717) is 24.9 Å². The number of anilines is 1. The van der Waals surface area contributed by atoms with Crippen LogP contribution in [0, 0.1) is 17.8 Å². The van der Waals surface area contributed by atoms with Crippen LogP contribution in [-0.2, 0) is 11.8 Å². The topological polar surface area (TPSA) is 59.4 Å². The molecule has 0 unspecified atom stereocenters. The Labute approximate surface area is 185 Å². The number of benzene rings is 1. The monoisotopic (exact) mass is 422 g/mol. The highest BCUT2D eigenvalue weighted by atomic mass is 16.5. The third-order valence-electron chi connectivity index (χ3n) is 7.45. The van der Waals surface area contributed by atoms with E-state index in [9.17, 15) is 4.79 Å². The molecule has 1 saturated heterocycles. The number of nitrogens with zero attached hydrogens (tertiary/aromatic N) is 3. The van der Waals surface area contributed by atoms with E-state index in [4.69, 9.17) is 4.74 Å². The van der Waals surface area contributed by atoms with Gasteiger partial charge in [-0.3, -0.25) is 9.48 Å². The summed E-state index contributed by atoms with van der Waals surface area (Å²) in [4.78, 5) is 15.5. The van der Waals surface area contributed by atoms with Gasteiger partial charge in [0.25, 0.3) is 0 Å². The van der Waals surface area contributed by atoms with Crippen LogP contribution in [-0.4, -0.2) is 46.8 Å². The van der Waals surface area contributed by atoms with Crippen molar-refractivity contribution in [3.05, 3.63) is 30.6 Å². The molecule has 1 aliphatic carbocycles. The molecule has 1 N–H and O–H groups in total. The average molecular weight is 423 g/mol. The summed E-state index contributed by atoms with van der Waals surface area (Å²) in [6.07, 6.45) is 12.2. The zero-order valence-corrected chi connectivity index (χ0v) is 18.6.